The number of piperazine rings is 1. The molecule has 2 aliphatic heterocycles. The molecule has 0 unspecified atom stereocenters. The molecule has 4 rings (SSSR count). The molecular formula is C22H25N5O3. The predicted molar refractivity (Wildman–Crippen MR) is 114 cm³/mol. The first-order valence-electron chi connectivity index (χ1n) is 10.2. The third-order valence-electron chi connectivity index (χ3n) is 5.62. The van der Waals surface area contributed by atoms with Gasteiger partial charge in [-0.15, -0.1) is 0 Å². The molecule has 8 heteroatoms. The molecule has 1 aromatic carbocycles. The van der Waals surface area contributed by atoms with Gasteiger partial charge in [-0.25, -0.2) is 4.98 Å². The molecule has 156 valence electrons. The lowest BCUT2D eigenvalue weighted by molar-refractivity contribution is -0.116. The average Bonchev–Trinajstić information content (AvgIpc) is 3.03. The van der Waals surface area contributed by atoms with Gasteiger partial charge in [0.25, 0.3) is 11.8 Å². The van der Waals surface area contributed by atoms with E-state index in [0.717, 1.165) is 43.4 Å². The molecule has 1 N–H and O–H groups in total. The van der Waals surface area contributed by atoms with Crippen molar-refractivity contribution >= 4 is 29.2 Å². The van der Waals surface area contributed by atoms with E-state index in [1.54, 1.807) is 30.5 Å². The number of pyridine rings is 1. The number of fused-ring (bicyclic) bond motifs is 1. The van der Waals surface area contributed by atoms with Gasteiger partial charge in [-0.2, -0.15) is 0 Å². The molecule has 1 fully saturated rings. The van der Waals surface area contributed by atoms with Gasteiger partial charge in [0.2, 0.25) is 5.91 Å². The molecule has 8 nitrogen and oxygen atoms in total. The molecule has 3 amide bonds. The molecule has 1 aromatic heterocycles. The van der Waals surface area contributed by atoms with Gasteiger partial charge in [0, 0.05) is 39.1 Å². The number of hydrogen-bond donors (Lipinski definition) is 1. The van der Waals surface area contributed by atoms with E-state index in [-0.39, 0.29) is 30.7 Å². The summed E-state index contributed by atoms with van der Waals surface area (Å²) < 4.78 is 0. The van der Waals surface area contributed by atoms with Crippen LogP contribution in [0.25, 0.3) is 0 Å². The van der Waals surface area contributed by atoms with E-state index in [1.807, 2.05) is 12.1 Å². The monoisotopic (exact) mass is 407 g/mol. The number of benzene rings is 1. The molecule has 30 heavy (non-hydrogen) atoms. The highest BCUT2D eigenvalue weighted by atomic mass is 16.2. The maximum atomic E-state index is 12.4. The van der Waals surface area contributed by atoms with Crippen LogP contribution < -0.4 is 10.2 Å². The summed E-state index contributed by atoms with van der Waals surface area (Å²) in [7, 11) is 0. The minimum absolute atomic E-state index is 0.0339. The van der Waals surface area contributed by atoms with E-state index < -0.39 is 0 Å². The van der Waals surface area contributed by atoms with Crippen LogP contribution in [0.1, 0.15) is 34.1 Å². The molecule has 0 radical (unpaired) electrons. The largest absolute Gasteiger partial charge is 0.354 e. The minimum atomic E-state index is -0.349. The number of carbonyl (C=O) groups excluding carboxylic acids is 3. The van der Waals surface area contributed by atoms with Gasteiger partial charge in [0.05, 0.1) is 23.0 Å². The Balaban J connectivity index is 1.29. The number of likely N-dealkylation sites (N-methyl/N-ethyl adjacent to an activating group) is 1. The second-order valence-electron chi connectivity index (χ2n) is 7.43. The fourth-order valence-corrected chi connectivity index (χ4v) is 3.82. The lowest BCUT2D eigenvalue weighted by Crippen LogP contribution is -2.46. The zero-order valence-corrected chi connectivity index (χ0v) is 17.0. The first-order valence-corrected chi connectivity index (χ1v) is 10.2. The number of hydrogen-bond acceptors (Lipinski definition) is 6. The van der Waals surface area contributed by atoms with Crippen LogP contribution in [0, 0.1) is 0 Å². The van der Waals surface area contributed by atoms with Gasteiger partial charge in [-0.05, 0) is 30.8 Å². The summed E-state index contributed by atoms with van der Waals surface area (Å²) in [6, 6.07) is 10.4. The van der Waals surface area contributed by atoms with Crippen molar-refractivity contribution in [2.24, 2.45) is 0 Å². The zero-order chi connectivity index (χ0) is 21.1. The molecule has 0 saturated carbocycles. The van der Waals surface area contributed by atoms with Crippen molar-refractivity contribution in [3.8, 4) is 0 Å². The zero-order valence-electron chi connectivity index (χ0n) is 17.0. The number of imide groups is 1. The van der Waals surface area contributed by atoms with Crippen molar-refractivity contribution in [2.45, 2.75) is 13.3 Å². The summed E-state index contributed by atoms with van der Waals surface area (Å²) >= 11 is 0. The Hall–Kier alpha value is -3.26. The number of nitrogens with zero attached hydrogens (tertiary/aromatic N) is 4. The summed E-state index contributed by atoms with van der Waals surface area (Å²) in [4.78, 5) is 47.3. The Morgan fingerprint density at radius 1 is 1.00 bits per heavy atom. The minimum Gasteiger partial charge on any atom is -0.354 e. The predicted octanol–water partition coefficient (Wildman–Crippen LogP) is 1.85. The Kier molecular flexibility index (Phi) is 5.76. The van der Waals surface area contributed by atoms with Crippen LogP contribution >= 0.6 is 0 Å². The maximum Gasteiger partial charge on any atom is 0.261 e. The van der Waals surface area contributed by atoms with Crippen molar-refractivity contribution in [2.75, 3.05) is 49.5 Å². The van der Waals surface area contributed by atoms with Gasteiger partial charge in [0.15, 0.2) is 0 Å². The van der Waals surface area contributed by atoms with E-state index in [9.17, 15) is 14.4 Å². The van der Waals surface area contributed by atoms with E-state index in [4.69, 9.17) is 0 Å². The number of amides is 3. The van der Waals surface area contributed by atoms with Crippen molar-refractivity contribution in [3.05, 3.63) is 53.7 Å². The third kappa shape index (κ3) is 4.04. The fourth-order valence-electron chi connectivity index (χ4n) is 3.82. The Morgan fingerprint density at radius 3 is 2.23 bits per heavy atom. The van der Waals surface area contributed by atoms with Gasteiger partial charge >= 0.3 is 0 Å². The molecule has 2 aromatic rings. The topological polar surface area (TPSA) is 85.9 Å². The Morgan fingerprint density at radius 2 is 1.67 bits per heavy atom. The van der Waals surface area contributed by atoms with Crippen LogP contribution in [0.5, 0.6) is 0 Å². The van der Waals surface area contributed by atoms with E-state index in [1.165, 1.54) is 0 Å². The van der Waals surface area contributed by atoms with Gasteiger partial charge < -0.3 is 15.1 Å². The lowest BCUT2D eigenvalue weighted by atomic mass is 10.1. The SMILES string of the molecule is CCN1CCN(c2ccc(NC(=O)CCN3C(=O)c4ccccc4C3=O)cn2)CC1. The molecule has 0 bridgehead atoms. The van der Waals surface area contributed by atoms with Gasteiger partial charge in [0.1, 0.15) is 5.82 Å². The average molecular weight is 407 g/mol. The molecule has 3 heterocycles. The summed E-state index contributed by atoms with van der Waals surface area (Å²) in [6.45, 7) is 7.20. The molecular weight excluding hydrogens is 382 g/mol. The van der Waals surface area contributed by atoms with Gasteiger partial charge in [-0.1, -0.05) is 19.1 Å². The van der Waals surface area contributed by atoms with Crippen molar-refractivity contribution in [3.63, 3.8) is 0 Å². The molecule has 0 spiro atoms. The number of rotatable bonds is 6. The molecule has 0 aliphatic carbocycles. The molecule has 2 aliphatic rings. The van der Waals surface area contributed by atoms with Crippen molar-refractivity contribution in [1.82, 2.24) is 14.8 Å². The van der Waals surface area contributed by atoms with Crippen LogP contribution in [0.2, 0.25) is 0 Å². The van der Waals surface area contributed by atoms with E-state index in [0.29, 0.717) is 16.8 Å². The summed E-state index contributed by atoms with van der Waals surface area (Å²) in [5.74, 6) is -0.0670. The number of carbonyl (C=O) groups is 3. The summed E-state index contributed by atoms with van der Waals surface area (Å²) in [5, 5.41) is 2.79. The number of aromatic nitrogens is 1. The normalized spacial score (nSPS) is 16.7. The lowest BCUT2D eigenvalue weighted by Gasteiger charge is -2.34. The number of anilines is 2. The maximum absolute atomic E-state index is 12.4. The quantitative estimate of drug-likeness (QED) is 0.736. The fraction of sp³-hybridized carbons (Fsp3) is 0.364. The molecule has 1 saturated heterocycles. The van der Waals surface area contributed by atoms with Crippen LogP contribution in [-0.2, 0) is 4.79 Å². The standard InChI is InChI=1S/C22H25N5O3/c1-2-25-11-13-26(14-12-25)19-8-7-16(15-23-19)24-20(28)9-10-27-21(29)17-5-3-4-6-18(17)22(27)30/h3-8,15H,2,9-14H2,1H3,(H,24,28). The highest BCUT2D eigenvalue weighted by molar-refractivity contribution is 6.21. The first-order chi connectivity index (χ1) is 14.6. The smallest absolute Gasteiger partial charge is 0.261 e. The van der Waals surface area contributed by atoms with Crippen molar-refractivity contribution in [1.29, 1.82) is 0 Å². The summed E-state index contributed by atoms with van der Waals surface area (Å²) in [6.07, 6.45) is 1.67. The second kappa shape index (κ2) is 8.62. The Labute approximate surface area is 175 Å². The van der Waals surface area contributed by atoms with Gasteiger partial charge in [-0.3, -0.25) is 19.3 Å². The highest BCUT2D eigenvalue weighted by Gasteiger charge is 2.34. The van der Waals surface area contributed by atoms with Crippen LogP contribution in [0.15, 0.2) is 42.6 Å². The molecule has 0 atom stereocenters. The third-order valence-corrected chi connectivity index (χ3v) is 5.62. The summed E-state index contributed by atoms with van der Waals surface area (Å²) in [5.41, 5.74) is 1.38. The van der Waals surface area contributed by atoms with Crippen LogP contribution in [0.4, 0.5) is 11.5 Å². The number of nitrogens with one attached hydrogen (secondary N) is 1. The first kappa shape index (κ1) is 20.0. The van der Waals surface area contributed by atoms with E-state index >= 15 is 0 Å². The van der Waals surface area contributed by atoms with Crippen LogP contribution in [-0.4, -0.2) is 71.8 Å². The second-order valence-corrected chi connectivity index (χ2v) is 7.43. The Bertz CT molecular complexity index is 917. The van der Waals surface area contributed by atoms with E-state index in [2.05, 4.69) is 27.0 Å². The highest BCUT2D eigenvalue weighted by Crippen LogP contribution is 2.22. The van der Waals surface area contributed by atoms with Crippen LogP contribution in [0.3, 0.4) is 0 Å². The van der Waals surface area contributed by atoms with Crippen molar-refractivity contribution < 1.29 is 14.4 Å².